The summed E-state index contributed by atoms with van der Waals surface area (Å²) in [5.41, 5.74) is 2.96. The van der Waals surface area contributed by atoms with Crippen molar-refractivity contribution in [1.82, 2.24) is 4.57 Å². The smallest absolute Gasteiger partial charge is 0.193 e. The number of para-hydroxylation sites is 2. The van der Waals surface area contributed by atoms with Crippen molar-refractivity contribution in [1.29, 1.82) is 0 Å². The van der Waals surface area contributed by atoms with Gasteiger partial charge in [0, 0.05) is 29.1 Å². The number of pyridine rings is 1. The minimum absolute atomic E-state index is 0.0267. The highest BCUT2D eigenvalue weighted by Crippen LogP contribution is 2.32. The first-order valence-electron chi connectivity index (χ1n) is 10.1. The van der Waals surface area contributed by atoms with Gasteiger partial charge < -0.3 is 5.32 Å². The molecular weight excluding hydrogens is 386 g/mol. The van der Waals surface area contributed by atoms with Crippen molar-refractivity contribution in [3.05, 3.63) is 101 Å². The van der Waals surface area contributed by atoms with Crippen LogP contribution in [0.4, 0.5) is 17.3 Å². The summed E-state index contributed by atoms with van der Waals surface area (Å²) >= 11 is 0. The van der Waals surface area contributed by atoms with Crippen LogP contribution in [0.25, 0.3) is 11.8 Å². The van der Waals surface area contributed by atoms with Gasteiger partial charge in [-0.2, -0.15) is 0 Å². The summed E-state index contributed by atoms with van der Waals surface area (Å²) in [6.07, 6.45) is 7.06. The van der Waals surface area contributed by atoms with Crippen LogP contribution >= 0.6 is 0 Å². The molecule has 0 fully saturated rings. The van der Waals surface area contributed by atoms with E-state index in [-0.39, 0.29) is 17.1 Å². The number of rotatable bonds is 5. The zero-order chi connectivity index (χ0) is 21.8. The van der Waals surface area contributed by atoms with Crippen LogP contribution in [0.5, 0.6) is 0 Å². The molecule has 0 amide bonds. The first-order chi connectivity index (χ1) is 15.0. The third kappa shape index (κ3) is 4.46. The topological polar surface area (TPSA) is 63.5 Å². The lowest BCUT2D eigenvalue weighted by Gasteiger charge is -2.19. The molecule has 2 heterocycles. The van der Waals surface area contributed by atoms with Gasteiger partial charge in [-0.25, -0.2) is 4.99 Å². The van der Waals surface area contributed by atoms with Gasteiger partial charge in [-0.3, -0.25) is 14.2 Å². The maximum atomic E-state index is 13.0. The minimum Gasteiger partial charge on any atom is -0.341 e. The molecule has 0 saturated heterocycles. The zero-order valence-corrected chi connectivity index (χ0v) is 17.4. The van der Waals surface area contributed by atoms with Crippen LogP contribution in [0.15, 0.2) is 94.7 Å². The summed E-state index contributed by atoms with van der Waals surface area (Å²) in [6.45, 7) is 3.42. The highest BCUT2D eigenvalue weighted by molar-refractivity contribution is 5.95. The molecule has 154 valence electrons. The lowest BCUT2D eigenvalue weighted by atomic mass is 10.0. The van der Waals surface area contributed by atoms with Crippen molar-refractivity contribution in [2.75, 3.05) is 5.32 Å². The number of anilines is 2. The summed E-state index contributed by atoms with van der Waals surface area (Å²) < 4.78 is 1.95. The van der Waals surface area contributed by atoms with Gasteiger partial charge in [0.2, 0.25) is 0 Å². The van der Waals surface area contributed by atoms with Gasteiger partial charge in [0.1, 0.15) is 11.6 Å². The van der Waals surface area contributed by atoms with E-state index in [1.165, 1.54) is 13.0 Å². The van der Waals surface area contributed by atoms with Gasteiger partial charge in [0.25, 0.3) is 0 Å². The Morgan fingerprint density at radius 3 is 2.42 bits per heavy atom. The number of allylic oxidation sites excluding steroid dienone is 3. The number of hydrogen-bond donors (Lipinski definition) is 1. The lowest BCUT2D eigenvalue weighted by molar-refractivity contribution is -0.112. The predicted octanol–water partition coefficient (Wildman–Crippen LogP) is 5.46. The number of benzene rings is 2. The molecule has 2 aromatic carbocycles. The Kier molecular flexibility index (Phi) is 5.76. The zero-order valence-electron chi connectivity index (χ0n) is 17.4. The van der Waals surface area contributed by atoms with Crippen molar-refractivity contribution in [2.45, 2.75) is 13.8 Å². The normalized spacial score (nSPS) is 15.3. The Morgan fingerprint density at radius 2 is 1.74 bits per heavy atom. The fourth-order valence-corrected chi connectivity index (χ4v) is 3.50. The number of hydrogen-bond acceptors (Lipinski definition) is 4. The Hall–Kier alpha value is -3.99. The molecule has 31 heavy (non-hydrogen) atoms. The highest BCUT2D eigenvalue weighted by atomic mass is 16.1. The van der Waals surface area contributed by atoms with Crippen molar-refractivity contribution >= 4 is 34.9 Å². The van der Waals surface area contributed by atoms with E-state index in [2.05, 4.69) is 5.32 Å². The molecule has 0 radical (unpaired) electrons. The first kappa shape index (κ1) is 20.3. The SMILES string of the molecule is CC(=O)/C=C/C1C=Cc2c(n(-c3ccccc3)c(Nc3ccccc3)cc2=O)N=C1C. The van der Waals surface area contributed by atoms with Crippen LogP contribution in [-0.2, 0) is 4.79 Å². The predicted molar refractivity (Wildman–Crippen MR) is 127 cm³/mol. The molecule has 5 nitrogen and oxygen atoms in total. The molecule has 3 aromatic rings. The number of aromatic nitrogens is 1. The van der Waals surface area contributed by atoms with E-state index in [9.17, 15) is 9.59 Å². The average Bonchev–Trinajstić information content (AvgIpc) is 2.92. The van der Waals surface area contributed by atoms with Gasteiger partial charge in [-0.1, -0.05) is 54.6 Å². The highest BCUT2D eigenvalue weighted by Gasteiger charge is 2.19. The summed E-state index contributed by atoms with van der Waals surface area (Å²) in [6, 6.07) is 21.1. The van der Waals surface area contributed by atoms with E-state index in [1.807, 2.05) is 84.3 Å². The molecule has 1 atom stereocenters. The molecule has 1 unspecified atom stereocenters. The Bertz CT molecular complexity index is 1250. The van der Waals surface area contributed by atoms with Crippen molar-refractivity contribution < 1.29 is 4.79 Å². The summed E-state index contributed by atoms with van der Waals surface area (Å²) in [7, 11) is 0. The quantitative estimate of drug-likeness (QED) is 0.569. The largest absolute Gasteiger partial charge is 0.341 e. The summed E-state index contributed by atoms with van der Waals surface area (Å²) in [5, 5.41) is 3.36. The maximum Gasteiger partial charge on any atom is 0.193 e. The van der Waals surface area contributed by atoms with E-state index in [1.54, 1.807) is 12.1 Å². The van der Waals surface area contributed by atoms with E-state index in [0.717, 1.165) is 17.1 Å². The second-order valence-electron chi connectivity index (χ2n) is 7.40. The number of nitrogens with zero attached hydrogens (tertiary/aromatic N) is 2. The number of ketones is 1. The van der Waals surface area contributed by atoms with Crippen LogP contribution in [0.2, 0.25) is 0 Å². The molecule has 0 aliphatic carbocycles. The van der Waals surface area contributed by atoms with Gasteiger partial charge in [-0.05, 0) is 44.2 Å². The molecule has 1 aromatic heterocycles. The Morgan fingerprint density at radius 1 is 1.06 bits per heavy atom. The average molecular weight is 409 g/mol. The summed E-state index contributed by atoms with van der Waals surface area (Å²) in [5.74, 6) is 1.00. The molecule has 4 rings (SSSR count). The molecule has 5 heteroatoms. The van der Waals surface area contributed by atoms with Crippen LogP contribution in [0, 0.1) is 5.92 Å². The standard InChI is InChI=1S/C26H23N3O2/c1-18(30)13-14-20-15-16-23-24(31)17-25(28-21-9-5-3-6-10-21)29(26(23)27-19(20)2)22-11-7-4-8-12-22/h3-17,20,28H,1-2H3/b14-13+. The van der Waals surface area contributed by atoms with Crippen LogP contribution < -0.4 is 10.7 Å². The van der Waals surface area contributed by atoms with Crippen molar-refractivity contribution in [3.8, 4) is 5.69 Å². The molecule has 1 aliphatic rings. The van der Waals surface area contributed by atoms with Gasteiger partial charge >= 0.3 is 0 Å². The van der Waals surface area contributed by atoms with Crippen LogP contribution in [0.3, 0.4) is 0 Å². The van der Waals surface area contributed by atoms with Crippen molar-refractivity contribution in [3.63, 3.8) is 0 Å². The molecule has 0 spiro atoms. The molecule has 1 N–H and O–H groups in total. The molecule has 0 saturated carbocycles. The third-order valence-electron chi connectivity index (χ3n) is 5.06. The first-order valence-corrected chi connectivity index (χ1v) is 10.1. The van der Waals surface area contributed by atoms with Gasteiger partial charge in [0.15, 0.2) is 11.2 Å². The minimum atomic E-state index is -0.162. The van der Waals surface area contributed by atoms with Crippen LogP contribution in [0.1, 0.15) is 19.4 Å². The molecule has 1 aliphatic heterocycles. The summed E-state index contributed by atoms with van der Waals surface area (Å²) in [4.78, 5) is 29.3. The Balaban J connectivity index is 1.93. The fourth-order valence-electron chi connectivity index (χ4n) is 3.50. The fraction of sp³-hybridized carbons (Fsp3) is 0.115. The third-order valence-corrected chi connectivity index (χ3v) is 5.06. The number of carbonyl (C=O) groups excluding carboxylic acids is 1. The maximum absolute atomic E-state index is 13.0. The second-order valence-corrected chi connectivity index (χ2v) is 7.40. The lowest BCUT2D eigenvalue weighted by Crippen LogP contribution is -2.14. The van der Waals surface area contributed by atoms with E-state index in [4.69, 9.17) is 4.99 Å². The number of fused-ring (bicyclic) bond motifs is 1. The molecular formula is C26H23N3O2. The molecule has 0 bridgehead atoms. The monoisotopic (exact) mass is 409 g/mol. The van der Waals surface area contributed by atoms with Gasteiger partial charge in [0.05, 0.1) is 5.56 Å². The van der Waals surface area contributed by atoms with Crippen molar-refractivity contribution in [2.24, 2.45) is 10.9 Å². The van der Waals surface area contributed by atoms with Crippen LogP contribution in [-0.4, -0.2) is 16.1 Å². The van der Waals surface area contributed by atoms with E-state index < -0.39 is 0 Å². The number of nitrogens with one attached hydrogen (secondary N) is 1. The number of carbonyl (C=O) groups is 1. The van der Waals surface area contributed by atoms with Gasteiger partial charge in [-0.15, -0.1) is 0 Å². The van der Waals surface area contributed by atoms with E-state index in [0.29, 0.717) is 17.2 Å². The number of aliphatic imine (C=N–C) groups is 1. The Labute approximate surface area is 181 Å². The van der Waals surface area contributed by atoms with E-state index >= 15 is 0 Å². The second kappa shape index (κ2) is 8.79.